The van der Waals surface area contributed by atoms with Crippen LogP contribution >= 0.6 is 27.5 Å². The van der Waals surface area contributed by atoms with Gasteiger partial charge in [0.25, 0.3) is 5.56 Å². The van der Waals surface area contributed by atoms with Gasteiger partial charge in [-0.1, -0.05) is 54.1 Å². The van der Waals surface area contributed by atoms with Gasteiger partial charge in [-0.25, -0.2) is 4.68 Å². The molecule has 3 aromatic rings. The van der Waals surface area contributed by atoms with Crippen LogP contribution in [0.4, 0.5) is 0 Å². The summed E-state index contributed by atoms with van der Waals surface area (Å²) in [6.07, 6.45) is 0. The third-order valence-electron chi connectivity index (χ3n) is 3.19. The van der Waals surface area contributed by atoms with Gasteiger partial charge in [-0.2, -0.15) is 0 Å². The van der Waals surface area contributed by atoms with Gasteiger partial charge in [0.1, 0.15) is 4.47 Å². The predicted octanol–water partition coefficient (Wildman–Crippen LogP) is 4.31. The van der Waals surface area contributed by atoms with Gasteiger partial charge in [-0.15, -0.1) is 0 Å². The molecule has 21 heavy (non-hydrogen) atoms. The summed E-state index contributed by atoms with van der Waals surface area (Å²) in [4.78, 5) is 12.3. The molecule has 0 fully saturated rings. The first kappa shape index (κ1) is 14.2. The van der Waals surface area contributed by atoms with Crippen LogP contribution in [-0.4, -0.2) is 9.78 Å². The van der Waals surface area contributed by atoms with Crippen LogP contribution in [0.2, 0.25) is 5.02 Å². The molecule has 0 saturated heterocycles. The number of benzene rings is 2. The van der Waals surface area contributed by atoms with Crippen molar-refractivity contribution < 1.29 is 0 Å². The van der Waals surface area contributed by atoms with Gasteiger partial charge in [0.05, 0.1) is 12.2 Å². The smallest absolute Gasteiger partial charge is 0.281 e. The first-order chi connectivity index (χ1) is 10.1. The Bertz CT molecular complexity index is 824. The van der Waals surface area contributed by atoms with Crippen molar-refractivity contribution in [1.29, 1.82) is 0 Å². The molecule has 0 aliphatic carbocycles. The lowest BCUT2D eigenvalue weighted by molar-refractivity contribution is 0.665. The van der Waals surface area contributed by atoms with Crippen molar-refractivity contribution in [3.8, 4) is 11.3 Å². The highest BCUT2D eigenvalue weighted by Crippen LogP contribution is 2.23. The van der Waals surface area contributed by atoms with Gasteiger partial charge in [-0.3, -0.25) is 9.89 Å². The predicted molar refractivity (Wildman–Crippen MR) is 88.7 cm³/mol. The third kappa shape index (κ3) is 2.96. The first-order valence-corrected chi connectivity index (χ1v) is 7.60. The molecule has 0 saturated carbocycles. The second-order valence-corrected chi connectivity index (χ2v) is 5.92. The van der Waals surface area contributed by atoms with Gasteiger partial charge < -0.3 is 0 Å². The van der Waals surface area contributed by atoms with E-state index >= 15 is 0 Å². The van der Waals surface area contributed by atoms with E-state index in [0.717, 1.165) is 16.8 Å². The maximum absolute atomic E-state index is 12.3. The molecular formula is C16H12BrClN2O. The fourth-order valence-corrected chi connectivity index (χ4v) is 2.93. The number of halogens is 2. The third-order valence-corrected chi connectivity index (χ3v) is 4.16. The lowest BCUT2D eigenvalue weighted by atomic mass is 10.2. The highest BCUT2D eigenvalue weighted by atomic mass is 79.9. The Labute approximate surface area is 135 Å². The molecule has 3 rings (SSSR count). The largest absolute Gasteiger partial charge is 0.293 e. The Morgan fingerprint density at radius 1 is 1.10 bits per heavy atom. The first-order valence-electron chi connectivity index (χ1n) is 6.43. The van der Waals surface area contributed by atoms with Crippen LogP contribution in [0.5, 0.6) is 0 Å². The van der Waals surface area contributed by atoms with Crippen LogP contribution in [0.25, 0.3) is 11.3 Å². The summed E-state index contributed by atoms with van der Waals surface area (Å²) in [6, 6.07) is 17.2. The number of hydrogen-bond acceptors (Lipinski definition) is 1. The Morgan fingerprint density at radius 3 is 2.57 bits per heavy atom. The molecule has 106 valence electrons. The molecule has 3 nitrogen and oxygen atoms in total. The van der Waals surface area contributed by atoms with E-state index in [9.17, 15) is 4.79 Å². The molecule has 0 spiro atoms. The van der Waals surface area contributed by atoms with E-state index in [1.165, 1.54) is 0 Å². The van der Waals surface area contributed by atoms with Crippen molar-refractivity contribution in [3.05, 3.63) is 80.0 Å². The Hall–Kier alpha value is -1.78. The maximum Gasteiger partial charge on any atom is 0.281 e. The summed E-state index contributed by atoms with van der Waals surface area (Å²) in [5.74, 6) is 0. The van der Waals surface area contributed by atoms with Crippen molar-refractivity contribution in [2.75, 3.05) is 0 Å². The molecule has 0 atom stereocenters. The molecule has 5 heteroatoms. The highest BCUT2D eigenvalue weighted by molar-refractivity contribution is 9.10. The fraction of sp³-hybridized carbons (Fsp3) is 0.0625. The monoisotopic (exact) mass is 362 g/mol. The molecule has 0 amide bonds. The lowest BCUT2D eigenvalue weighted by Crippen LogP contribution is -2.17. The maximum atomic E-state index is 12.3. The quantitative estimate of drug-likeness (QED) is 0.740. The zero-order valence-corrected chi connectivity index (χ0v) is 13.4. The van der Waals surface area contributed by atoms with Gasteiger partial charge in [-0.05, 0) is 33.6 Å². The molecule has 2 aromatic carbocycles. The highest BCUT2D eigenvalue weighted by Gasteiger charge is 2.13. The Balaban J connectivity index is 2.00. The second-order valence-electron chi connectivity index (χ2n) is 4.69. The lowest BCUT2D eigenvalue weighted by Gasteiger charge is -2.03. The second kappa shape index (κ2) is 5.92. The van der Waals surface area contributed by atoms with Gasteiger partial charge in [0, 0.05) is 10.6 Å². The number of rotatable bonds is 3. The topological polar surface area (TPSA) is 37.8 Å². The fourth-order valence-electron chi connectivity index (χ4n) is 2.19. The summed E-state index contributed by atoms with van der Waals surface area (Å²) in [6.45, 7) is 0.449. The zero-order chi connectivity index (χ0) is 14.8. The van der Waals surface area contributed by atoms with Gasteiger partial charge in [0.15, 0.2) is 0 Å². The molecule has 1 heterocycles. The summed E-state index contributed by atoms with van der Waals surface area (Å²) >= 11 is 9.35. The van der Waals surface area contributed by atoms with Crippen molar-refractivity contribution in [2.24, 2.45) is 0 Å². The van der Waals surface area contributed by atoms with Crippen LogP contribution in [0.1, 0.15) is 5.56 Å². The van der Waals surface area contributed by atoms with E-state index in [2.05, 4.69) is 21.0 Å². The number of nitrogens with one attached hydrogen (secondary N) is 1. The van der Waals surface area contributed by atoms with Crippen molar-refractivity contribution in [1.82, 2.24) is 9.78 Å². The van der Waals surface area contributed by atoms with E-state index in [0.29, 0.717) is 16.0 Å². The minimum absolute atomic E-state index is 0.0890. The van der Waals surface area contributed by atoms with Gasteiger partial charge >= 0.3 is 0 Å². The van der Waals surface area contributed by atoms with E-state index < -0.39 is 0 Å². The summed E-state index contributed by atoms with van der Waals surface area (Å²) in [7, 11) is 0. The van der Waals surface area contributed by atoms with Gasteiger partial charge in [0.2, 0.25) is 0 Å². The minimum Gasteiger partial charge on any atom is -0.293 e. The number of hydrogen-bond donors (Lipinski definition) is 1. The Morgan fingerprint density at radius 2 is 1.86 bits per heavy atom. The average Bonchev–Trinajstić information content (AvgIpc) is 2.77. The van der Waals surface area contributed by atoms with Crippen molar-refractivity contribution in [3.63, 3.8) is 0 Å². The summed E-state index contributed by atoms with van der Waals surface area (Å²) in [5, 5.41) is 3.81. The van der Waals surface area contributed by atoms with E-state index in [1.807, 2.05) is 54.6 Å². The molecule has 1 N–H and O–H groups in total. The standard InChI is InChI=1S/C16H12BrClN2O/c17-14-15(12-6-2-1-3-7-12)19-20(16(14)21)10-11-5-4-8-13(18)9-11/h1-9,19H,10H2. The Kier molecular flexibility index (Phi) is 3.99. The summed E-state index contributed by atoms with van der Waals surface area (Å²) < 4.78 is 2.11. The normalized spacial score (nSPS) is 10.8. The van der Waals surface area contributed by atoms with E-state index in [1.54, 1.807) is 4.68 Å². The van der Waals surface area contributed by atoms with E-state index in [4.69, 9.17) is 11.6 Å². The van der Waals surface area contributed by atoms with Crippen LogP contribution in [-0.2, 0) is 6.54 Å². The number of nitrogens with zero attached hydrogens (tertiary/aromatic N) is 1. The molecule has 0 aliphatic heterocycles. The number of H-pyrrole nitrogens is 1. The SMILES string of the molecule is O=c1c(Br)c(-c2ccccc2)[nH]n1Cc1cccc(Cl)c1. The molecular weight excluding hydrogens is 352 g/mol. The van der Waals surface area contributed by atoms with Crippen molar-refractivity contribution in [2.45, 2.75) is 6.54 Å². The van der Waals surface area contributed by atoms with Crippen LogP contribution in [0.3, 0.4) is 0 Å². The molecule has 0 aliphatic rings. The zero-order valence-electron chi connectivity index (χ0n) is 11.0. The molecule has 0 unspecified atom stereocenters. The molecule has 1 aromatic heterocycles. The molecule has 0 bridgehead atoms. The van der Waals surface area contributed by atoms with Crippen LogP contribution in [0, 0.1) is 0 Å². The number of aromatic amines is 1. The van der Waals surface area contributed by atoms with E-state index in [-0.39, 0.29) is 5.56 Å². The minimum atomic E-state index is -0.0890. The average molecular weight is 364 g/mol. The summed E-state index contributed by atoms with van der Waals surface area (Å²) in [5.41, 5.74) is 2.63. The molecule has 0 radical (unpaired) electrons. The number of aromatic nitrogens is 2. The van der Waals surface area contributed by atoms with Crippen LogP contribution in [0.15, 0.2) is 63.9 Å². The van der Waals surface area contributed by atoms with Crippen LogP contribution < -0.4 is 5.56 Å². The van der Waals surface area contributed by atoms with Crippen molar-refractivity contribution >= 4 is 27.5 Å².